The molecule has 2 rings (SSSR count). The molecular formula is C12H20N4O2. The number of aromatic nitrogens is 1. The standard InChI is InChI=1S/C12H20N4O2/c1-9-7-11(18-15-9)8-14-12(17)10(2)16-5-3-13-4-6-16/h7,10,13H,3-6,8H2,1-2H3,(H,14,17). The third-order valence-electron chi connectivity index (χ3n) is 3.19. The molecule has 6 heteroatoms. The number of piperazine rings is 1. The molecule has 0 aromatic carbocycles. The summed E-state index contributed by atoms with van der Waals surface area (Å²) in [6, 6.07) is 1.73. The van der Waals surface area contributed by atoms with Crippen molar-refractivity contribution in [1.82, 2.24) is 20.7 Å². The smallest absolute Gasteiger partial charge is 0.237 e. The van der Waals surface area contributed by atoms with Crippen molar-refractivity contribution in [1.29, 1.82) is 0 Å². The average Bonchev–Trinajstić information content (AvgIpc) is 2.82. The lowest BCUT2D eigenvalue weighted by molar-refractivity contribution is -0.126. The highest BCUT2D eigenvalue weighted by Crippen LogP contribution is 2.04. The van der Waals surface area contributed by atoms with Crippen molar-refractivity contribution in [2.24, 2.45) is 0 Å². The van der Waals surface area contributed by atoms with Crippen LogP contribution in [0, 0.1) is 6.92 Å². The van der Waals surface area contributed by atoms with Crippen molar-refractivity contribution in [2.75, 3.05) is 26.2 Å². The fourth-order valence-electron chi connectivity index (χ4n) is 2.06. The lowest BCUT2D eigenvalue weighted by Gasteiger charge is -2.31. The molecule has 1 aliphatic rings. The molecule has 0 spiro atoms. The summed E-state index contributed by atoms with van der Waals surface area (Å²) >= 11 is 0. The van der Waals surface area contributed by atoms with Gasteiger partial charge < -0.3 is 15.2 Å². The fourth-order valence-corrected chi connectivity index (χ4v) is 2.06. The Morgan fingerprint density at radius 1 is 1.61 bits per heavy atom. The van der Waals surface area contributed by atoms with Crippen LogP contribution in [0.1, 0.15) is 18.4 Å². The number of amides is 1. The Labute approximate surface area is 107 Å². The summed E-state index contributed by atoms with van der Waals surface area (Å²) in [5, 5.41) is 9.93. The molecule has 1 aromatic heterocycles. The van der Waals surface area contributed by atoms with Crippen molar-refractivity contribution in [2.45, 2.75) is 26.4 Å². The Kier molecular flexibility index (Phi) is 4.33. The Hall–Kier alpha value is -1.40. The minimum absolute atomic E-state index is 0.0333. The van der Waals surface area contributed by atoms with E-state index in [0.29, 0.717) is 12.3 Å². The van der Waals surface area contributed by atoms with E-state index in [-0.39, 0.29) is 11.9 Å². The number of carbonyl (C=O) groups excluding carboxylic acids is 1. The molecule has 18 heavy (non-hydrogen) atoms. The van der Waals surface area contributed by atoms with Crippen LogP contribution in [-0.2, 0) is 11.3 Å². The van der Waals surface area contributed by atoms with Gasteiger partial charge in [0.1, 0.15) is 0 Å². The van der Waals surface area contributed by atoms with Gasteiger partial charge in [-0.25, -0.2) is 0 Å². The van der Waals surface area contributed by atoms with Crippen LogP contribution >= 0.6 is 0 Å². The summed E-state index contributed by atoms with van der Waals surface area (Å²) in [7, 11) is 0. The molecule has 1 aliphatic heterocycles. The van der Waals surface area contributed by atoms with E-state index < -0.39 is 0 Å². The average molecular weight is 252 g/mol. The van der Waals surface area contributed by atoms with Gasteiger partial charge in [-0.05, 0) is 13.8 Å². The molecule has 1 saturated heterocycles. The predicted octanol–water partition coefficient (Wildman–Crippen LogP) is -0.107. The Balaban J connectivity index is 1.79. The lowest BCUT2D eigenvalue weighted by Crippen LogP contribution is -2.52. The molecule has 100 valence electrons. The zero-order valence-corrected chi connectivity index (χ0v) is 10.9. The zero-order valence-electron chi connectivity index (χ0n) is 10.9. The second-order valence-corrected chi connectivity index (χ2v) is 4.61. The molecule has 1 fully saturated rings. The highest BCUT2D eigenvalue weighted by molar-refractivity contribution is 5.81. The molecule has 6 nitrogen and oxygen atoms in total. The number of nitrogens with zero attached hydrogens (tertiary/aromatic N) is 2. The summed E-state index contributed by atoms with van der Waals surface area (Å²) in [5.74, 6) is 0.722. The maximum absolute atomic E-state index is 12.0. The topological polar surface area (TPSA) is 70.4 Å². The van der Waals surface area contributed by atoms with Crippen molar-refractivity contribution in [3.63, 3.8) is 0 Å². The van der Waals surface area contributed by atoms with Gasteiger partial charge in [0.2, 0.25) is 5.91 Å². The fraction of sp³-hybridized carbons (Fsp3) is 0.667. The third kappa shape index (κ3) is 3.30. The minimum Gasteiger partial charge on any atom is -0.359 e. The molecule has 2 N–H and O–H groups in total. The lowest BCUT2D eigenvalue weighted by atomic mass is 10.2. The SMILES string of the molecule is Cc1cc(CNC(=O)C(C)N2CCNCC2)on1. The molecule has 0 aliphatic carbocycles. The van der Waals surface area contributed by atoms with E-state index >= 15 is 0 Å². The van der Waals surface area contributed by atoms with Gasteiger partial charge >= 0.3 is 0 Å². The predicted molar refractivity (Wildman–Crippen MR) is 67.0 cm³/mol. The zero-order chi connectivity index (χ0) is 13.0. The van der Waals surface area contributed by atoms with Gasteiger partial charge in [0.05, 0.1) is 18.3 Å². The van der Waals surface area contributed by atoms with Crippen molar-refractivity contribution in [3.05, 3.63) is 17.5 Å². The van der Waals surface area contributed by atoms with E-state index in [9.17, 15) is 4.79 Å². The van der Waals surface area contributed by atoms with Crippen LogP contribution in [0.5, 0.6) is 0 Å². The van der Waals surface area contributed by atoms with E-state index in [2.05, 4.69) is 20.7 Å². The third-order valence-corrected chi connectivity index (χ3v) is 3.19. The summed E-state index contributed by atoms with van der Waals surface area (Å²) in [6.45, 7) is 7.91. The molecular weight excluding hydrogens is 232 g/mol. The Morgan fingerprint density at radius 3 is 2.94 bits per heavy atom. The first kappa shape index (κ1) is 13.0. The molecule has 1 unspecified atom stereocenters. The number of hydrogen-bond acceptors (Lipinski definition) is 5. The number of rotatable bonds is 4. The van der Waals surface area contributed by atoms with E-state index in [1.807, 2.05) is 19.9 Å². The van der Waals surface area contributed by atoms with Crippen molar-refractivity contribution >= 4 is 5.91 Å². The Bertz CT molecular complexity index is 399. The first-order valence-corrected chi connectivity index (χ1v) is 6.31. The highest BCUT2D eigenvalue weighted by atomic mass is 16.5. The summed E-state index contributed by atoms with van der Waals surface area (Å²) in [4.78, 5) is 14.2. The minimum atomic E-state index is -0.101. The van der Waals surface area contributed by atoms with Crippen molar-refractivity contribution < 1.29 is 9.32 Å². The van der Waals surface area contributed by atoms with Gasteiger partial charge in [0.15, 0.2) is 5.76 Å². The summed E-state index contributed by atoms with van der Waals surface area (Å²) in [5.41, 5.74) is 0.828. The first-order chi connectivity index (χ1) is 8.66. The molecule has 1 atom stereocenters. The van der Waals surface area contributed by atoms with Crippen LogP contribution in [0.25, 0.3) is 0 Å². The van der Waals surface area contributed by atoms with Gasteiger partial charge in [-0.15, -0.1) is 0 Å². The van der Waals surface area contributed by atoms with Crippen LogP contribution in [-0.4, -0.2) is 48.2 Å². The largest absolute Gasteiger partial charge is 0.359 e. The molecule has 0 bridgehead atoms. The van der Waals surface area contributed by atoms with Gasteiger partial charge in [-0.3, -0.25) is 9.69 Å². The summed E-state index contributed by atoms with van der Waals surface area (Å²) in [6.07, 6.45) is 0. The van der Waals surface area contributed by atoms with E-state index in [1.165, 1.54) is 0 Å². The van der Waals surface area contributed by atoms with Crippen LogP contribution in [0.3, 0.4) is 0 Å². The van der Waals surface area contributed by atoms with Gasteiger partial charge in [0, 0.05) is 32.2 Å². The molecule has 1 aromatic rings. The number of aryl methyl sites for hydroxylation is 1. The van der Waals surface area contributed by atoms with E-state index in [4.69, 9.17) is 4.52 Å². The monoisotopic (exact) mass is 252 g/mol. The highest BCUT2D eigenvalue weighted by Gasteiger charge is 2.22. The van der Waals surface area contributed by atoms with Gasteiger partial charge in [-0.1, -0.05) is 5.16 Å². The molecule has 2 heterocycles. The van der Waals surface area contributed by atoms with Crippen LogP contribution in [0.4, 0.5) is 0 Å². The second-order valence-electron chi connectivity index (χ2n) is 4.61. The summed E-state index contributed by atoms with van der Waals surface area (Å²) < 4.78 is 5.05. The van der Waals surface area contributed by atoms with Crippen LogP contribution < -0.4 is 10.6 Å². The van der Waals surface area contributed by atoms with E-state index in [1.54, 1.807) is 0 Å². The van der Waals surface area contributed by atoms with E-state index in [0.717, 1.165) is 31.9 Å². The van der Waals surface area contributed by atoms with Gasteiger partial charge in [0.25, 0.3) is 0 Å². The van der Waals surface area contributed by atoms with Crippen molar-refractivity contribution in [3.8, 4) is 0 Å². The van der Waals surface area contributed by atoms with Crippen LogP contribution in [0.15, 0.2) is 10.6 Å². The second kappa shape index (κ2) is 5.97. The first-order valence-electron chi connectivity index (χ1n) is 6.31. The number of hydrogen-bond donors (Lipinski definition) is 2. The molecule has 1 amide bonds. The van der Waals surface area contributed by atoms with Crippen LogP contribution in [0.2, 0.25) is 0 Å². The maximum Gasteiger partial charge on any atom is 0.237 e. The maximum atomic E-state index is 12.0. The number of carbonyl (C=O) groups is 1. The Morgan fingerprint density at radius 2 is 2.33 bits per heavy atom. The quantitative estimate of drug-likeness (QED) is 0.782. The molecule has 0 saturated carbocycles. The normalized spacial score (nSPS) is 18.6. The molecule has 0 radical (unpaired) electrons. The number of nitrogens with one attached hydrogen (secondary N) is 2. The van der Waals surface area contributed by atoms with Gasteiger partial charge in [-0.2, -0.15) is 0 Å².